The van der Waals surface area contributed by atoms with Crippen LogP contribution >= 0.6 is 22.9 Å². The third-order valence-electron chi connectivity index (χ3n) is 2.89. The van der Waals surface area contributed by atoms with Gasteiger partial charge in [0.15, 0.2) is 0 Å². The second-order valence-electron chi connectivity index (χ2n) is 4.28. The summed E-state index contributed by atoms with van der Waals surface area (Å²) in [5.74, 6) is 0.803. The van der Waals surface area contributed by atoms with Crippen LogP contribution in [0.15, 0.2) is 35.7 Å². The van der Waals surface area contributed by atoms with E-state index in [0.717, 1.165) is 22.6 Å². The zero-order chi connectivity index (χ0) is 13.2. The Kier molecular flexibility index (Phi) is 3.36. The van der Waals surface area contributed by atoms with E-state index in [1.54, 1.807) is 11.3 Å². The number of fused-ring (bicyclic) bond motifs is 1. The van der Waals surface area contributed by atoms with Crippen LogP contribution in [0.5, 0.6) is 0 Å². The molecule has 0 aliphatic heterocycles. The normalized spacial score (nSPS) is 10.8. The zero-order valence-electron chi connectivity index (χ0n) is 10.4. The minimum atomic E-state index is 0.282. The van der Waals surface area contributed by atoms with Crippen LogP contribution in [0.4, 0.5) is 5.82 Å². The molecular formula is C14H12ClN3S. The summed E-state index contributed by atoms with van der Waals surface area (Å²) in [4.78, 5) is 9.47. The number of hydrogen-bond acceptors (Lipinski definition) is 4. The van der Waals surface area contributed by atoms with Crippen molar-refractivity contribution in [3.63, 3.8) is 0 Å². The van der Waals surface area contributed by atoms with E-state index in [2.05, 4.69) is 39.7 Å². The zero-order valence-corrected chi connectivity index (χ0v) is 11.9. The van der Waals surface area contributed by atoms with Gasteiger partial charge >= 0.3 is 0 Å². The fourth-order valence-corrected chi connectivity index (χ4v) is 3.11. The van der Waals surface area contributed by atoms with Crippen molar-refractivity contribution in [1.29, 1.82) is 0 Å². The lowest BCUT2D eigenvalue weighted by molar-refractivity contribution is 1.10. The molecule has 3 nitrogen and oxygen atoms in total. The number of anilines is 1. The molecule has 1 aromatic carbocycles. The van der Waals surface area contributed by atoms with Crippen molar-refractivity contribution >= 4 is 39.0 Å². The van der Waals surface area contributed by atoms with Gasteiger partial charge in [-0.15, -0.1) is 11.3 Å². The number of benzene rings is 1. The van der Waals surface area contributed by atoms with Gasteiger partial charge in [-0.25, -0.2) is 9.97 Å². The molecule has 0 amide bonds. The Balaban J connectivity index is 1.94. The van der Waals surface area contributed by atoms with E-state index in [9.17, 15) is 0 Å². The fourth-order valence-electron chi connectivity index (χ4n) is 1.97. The second-order valence-corrected chi connectivity index (χ2v) is 5.48. The van der Waals surface area contributed by atoms with E-state index in [4.69, 9.17) is 11.6 Å². The van der Waals surface area contributed by atoms with E-state index >= 15 is 0 Å². The maximum absolute atomic E-state index is 5.96. The van der Waals surface area contributed by atoms with E-state index in [1.165, 1.54) is 11.1 Å². The number of halogens is 1. The minimum Gasteiger partial charge on any atom is -0.365 e. The van der Waals surface area contributed by atoms with Crippen LogP contribution in [0, 0.1) is 6.92 Å². The Morgan fingerprint density at radius 1 is 1.21 bits per heavy atom. The number of aromatic nitrogens is 2. The summed E-state index contributed by atoms with van der Waals surface area (Å²) < 4.78 is 0. The SMILES string of the molecule is Cc1csc2nc(Cl)nc(NCc3ccccc3)c12. The monoisotopic (exact) mass is 289 g/mol. The predicted octanol–water partition coefficient (Wildman–Crippen LogP) is 4.27. The van der Waals surface area contributed by atoms with E-state index in [0.29, 0.717) is 0 Å². The van der Waals surface area contributed by atoms with Gasteiger partial charge < -0.3 is 5.32 Å². The summed E-state index contributed by atoms with van der Waals surface area (Å²) >= 11 is 7.55. The molecule has 5 heteroatoms. The lowest BCUT2D eigenvalue weighted by Crippen LogP contribution is -2.02. The number of thiophene rings is 1. The highest BCUT2D eigenvalue weighted by Crippen LogP contribution is 2.30. The molecule has 1 N–H and O–H groups in total. The number of hydrogen-bond donors (Lipinski definition) is 1. The smallest absolute Gasteiger partial charge is 0.225 e. The topological polar surface area (TPSA) is 37.8 Å². The van der Waals surface area contributed by atoms with Gasteiger partial charge in [0, 0.05) is 6.54 Å². The van der Waals surface area contributed by atoms with E-state index in [1.807, 2.05) is 18.2 Å². The molecule has 3 aromatic rings. The van der Waals surface area contributed by atoms with Gasteiger partial charge in [0.25, 0.3) is 0 Å². The van der Waals surface area contributed by atoms with Crippen molar-refractivity contribution < 1.29 is 0 Å². The van der Waals surface area contributed by atoms with Crippen LogP contribution in [0.3, 0.4) is 0 Å². The van der Waals surface area contributed by atoms with Crippen LogP contribution in [-0.2, 0) is 6.54 Å². The second kappa shape index (κ2) is 5.15. The van der Waals surface area contributed by atoms with Crippen LogP contribution in [0.2, 0.25) is 5.28 Å². The lowest BCUT2D eigenvalue weighted by Gasteiger charge is -2.08. The quantitative estimate of drug-likeness (QED) is 0.732. The fraction of sp³-hybridized carbons (Fsp3) is 0.143. The molecule has 0 unspecified atom stereocenters. The molecule has 96 valence electrons. The van der Waals surface area contributed by atoms with Gasteiger partial charge in [0.2, 0.25) is 5.28 Å². The third kappa shape index (κ3) is 2.55. The molecule has 0 spiro atoms. The highest BCUT2D eigenvalue weighted by Gasteiger charge is 2.10. The van der Waals surface area contributed by atoms with Crippen LogP contribution in [0.1, 0.15) is 11.1 Å². The van der Waals surface area contributed by atoms with Crippen molar-refractivity contribution in [3.05, 3.63) is 52.1 Å². The molecule has 2 heterocycles. The summed E-state index contributed by atoms with van der Waals surface area (Å²) in [6.07, 6.45) is 0. The molecule has 0 saturated heterocycles. The first kappa shape index (κ1) is 12.4. The van der Waals surface area contributed by atoms with Crippen LogP contribution < -0.4 is 5.32 Å². The number of nitrogens with one attached hydrogen (secondary N) is 1. The van der Waals surface area contributed by atoms with Crippen molar-refractivity contribution in [1.82, 2.24) is 9.97 Å². The average molecular weight is 290 g/mol. The van der Waals surface area contributed by atoms with Crippen molar-refractivity contribution in [3.8, 4) is 0 Å². The molecule has 0 aliphatic rings. The maximum atomic E-state index is 5.96. The highest BCUT2D eigenvalue weighted by atomic mass is 35.5. The Morgan fingerprint density at radius 2 is 2.00 bits per heavy atom. The largest absolute Gasteiger partial charge is 0.365 e. The van der Waals surface area contributed by atoms with Gasteiger partial charge in [-0.3, -0.25) is 0 Å². The highest BCUT2D eigenvalue weighted by molar-refractivity contribution is 7.17. The Hall–Kier alpha value is -1.65. The summed E-state index contributed by atoms with van der Waals surface area (Å²) in [5.41, 5.74) is 2.38. The van der Waals surface area contributed by atoms with Gasteiger partial charge in [-0.1, -0.05) is 30.3 Å². The number of nitrogens with zero attached hydrogens (tertiary/aromatic N) is 2. The summed E-state index contributed by atoms with van der Waals surface area (Å²) in [6, 6.07) is 10.2. The Bertz CT molecular complexity index is 709. The molecule has 0 fully saturated rings. The van der Waals surface area contributed by atoms with Crippen molar-refractivity contribution in [2.75, 3.05) is 5.32 Å². The predicted molar refractivity (Wildman–Crippen MR) is 80.9 cm³/mol. The van der Waals surface area contributed by atoms with Crippen LogP contribution in [-0.4, -0.2) is 9.97 Å². The van der Waals surface area contributed by atoms with Gasteiger partial charge in [-0.05, 0) is 35.0 Å². The Labute approximate surface area is 120 Å². The van der Waals surface area contributed by atoms with Gasteiger partial charge in [0.1, 0.15) is 10.6 Å². The molecule has 3 rings (SSSR count). The first-order chi connectivity index (χ1) is 9.24. The number of rotatable bonds is 3. The van der Waals surface area contributed by atoms with Gasteiger partial charge in [-0.2, -0.15) is 0 Å². The minimum absolute atomic E-state index is 0.282. The molecule has 2 aromatic heterocycles. The molecule has 0 aliphatic carbocycles. The van der Waals surface area contributed by atoms with Gasteiger partial charge in [0.05, 0.1) is 5.39 Å². The molecular weight excluding hydrogens is 278 g/mol. The molecule has 0 saturated carbocycles. The molecule has 0 bridgehead atoms. The maximum Gasteiger partial charge on any atom is 0.225 e. The van der Waals surface area contributed by atoms with Crippen LogP contribution in [0.25, 0.3) is 10.2 Å². The summed E-state index contributed by atoms with van der Waals surface area (Å²) in [7, 11) is 0. The molecule has 19 heavy (non-hydrogen) atoms. The van der Waals surface area contributed by atoms with Crippen molar-refractivity contribution in [2.24, 2.45) is 0 Å². The summed E-state index contributed by atoms with van der Waals surface area (Å²) in [6.45, 7) is 2.78. The number of aryl methyl sites for hydroxylation is 1. The molecule has 0 atom stereocenters. The summed E-state index contributed by atoms with van der Waals surface area (Å²) in [5, 5.41) is 6.76. The standard InChI is InChI=1S/C14H12ClN3S/c1-9-8-19-13-11(9)12(17-14(15)18-13)16-7-10-5-3-2-4-6-10/h2-6,8H,7H2,1H3,(H,16,17,18). The average Bonchev–Trinajstić information content (AvgIpc) is 2.79. The Morgan fingerprint density at radius 3 is 2.79 bits per heavy atom. The lowest BCUT2D eigenvalue weighted by atomic mass is 10.2. The van der Waals surface area contributed by atoms with Crippen molar-refractivity contribution in [2.45, 2.75) is 13.5 Å². The third-order valence-corrected chi connectivity index (χ3v) is 4.05. The van der Waals surface area contributed by atoms with E-state index < -0.39 is 0 Å². The van der Waals surface area contributed by atoms with E-state index in [-0.39, 0.29) is 5.28 Å². The molecule has 0 radical (unpaired) electrons. The first-order valence-corrected chi connectivity index (χ1v) is 7.19. The first-order valence-electron chi connectivity index (χ1n) is 5.93.